The Bertz CT molecular complexity index is 263. The van der Waals surface area contributed by atoms with Crippen LogP contribution in [0.5, 0.6) is 0 Å². The molecule has 0 heterocycles. The molecule has 0 unspecified atom stereocenters. The van der Waals surface area contributed by atoms with Crippen molar-refractivity contribution in [3.05, 3.63) is 0 Å². The van der Waals surface area contributed by atoms with Gasteiger partial charge in [0.2, 0.25) is 0 Å². The summed E-state index contributed by atoms with van der Waals surface area (Å²) in [6.07, 6.45) is 2.03. The van der Waals surface area contributed by atoms with Gasteiger partial charge in [0.05, 0.1) is 5.75 Å². The van der Waals surface area contributed by atoms with Gasteiger partial charge < -0.3 is 10.2 Å². The Balaban J connectivity index is 3.67. The Morgan fingerprint density at radius 1 is 1.25 bits per heavy atom. The zero-order valence-corrected chi connectivity index (χ0v) is 11.8. The molecule has 0 aliphatic rings. The van der Waals surface area contributed by atoms with Crippen molar-refractivity contribution in [1.29, 1.82) is 0 Å². The van der Waals surface area contributed by atoms with E-state index in [0.717, 1.165) is 32.6 Å². The summed E-state index contributed by atoms with van der Waals surface area (Å²) in [5, 5.41) is 3.36. The van der Waals surface area contributed by atoms with Gasteiger partial charge in [0.1, 0.15) is 9.84 Å². The second-order valence-corrected chi connectivity index (χ2v) is 6.79. The first-order chi connectivity index (χ1) is 7.35. The first-order valence-corrected chi connectivity index (χ1v) is 8.04. The van der Waals surface area contributed by atoms with E-state index in [1.807, 2.05) is 0 Å². The van der Waals surface area contributed by atoms with Crippen molar-refractivity contribution in [3.8, 4) is 0 Å². The molecule has 5 heteroatoms. The normalized spacial score (nSPS) is 12.6. The Kier molecular flexibility index (Phi) is 7.97. The molecule has 0 saturated carbocycles. The number of likely N-dealkylation sites (N-methyl/N-ethyl adjacent to an activating group) is 1. The second kappa shape index (κ2) is 8.03. The van der Waals surface area contributed by atoms with Gasteiger partial charge in [-0.25, -0.2) is 8.42 Å². The van der Waals surface area contributed by atoms with Crippen LogP contribution in [0.15, 0.2) is 0 Å². The zero-order chi connectivity index (χ0) is 12.6. The molecule has 0 aromatic heterocycles. The highest BCUT2D eigenvalue weighted by atomic mass is 32.2. The van der Waals surface area contributed by atoms with Gasteiger partial charge in [-0.1, -0.05) is 20.8 Å². The molecule has 0 fully saturated rings. The maximum absolute atomic E-state index is 11.0. The lowest BCUT2D eigenvalue weighted by molar-refractivity contribution is 0.285. The number of hydrogen-bond donors (Lipinski definition) is 1. The number of nitrogens with one attached hydrogen (secondary N) is 1. The van der Waals surface area contributed by atoms with Crippen molar-refractivity contribution < 1.29 is 8.42 Å². The van der Waals surface area contributed by atoms with E-state index in [1.165, 1.54) is 6.26 Å². The molecule has 0 aromatic rings. The largest absolute Gasteiger partial charge is 0.313 e. The Labute approximate surface area is 100 Å². The smallest absolute Gasteiger partial charge is 0.147 e. The molecular weight excluding hydrogens is 224 g/mol. The first kappa shape index (κ1) is 15.9. The van der Waals surface area contributed by atoms with Crippen LogP contribution >= 0.6 is 0 Å². The van der Waals surface area contributed by atoms with Gasteiger partial charge in [0.25, 0.3) is 0 Å². The summed E-state index contributed by atoms with van der Waals surface area (Å²) < 4.78 is 21.9. The molecule has 0 aliphatic heterocycles. The topological polar surface area (TPSA) is 49.4 Å². The highest BCUT2D eigenvalue weighted by Gasteiger charge is 2.05. The molecule has 98 valence electrons. The van der Waals surface area contributed by atoms with Crippen molar-refractivity contribution in [2.75, 3.05) is 38.2 Å². The van der Waals surface area contributed by atoms with E-state index in [2.05, 4.69) is 31.0 Å². The minimum Gasteiger partial charge on any atom is -0.313 e. The minimum atomic E-state index is -2.80. The summed E-state index contributed by atoms with van der Waals surface area (Å²) in [5.74, 6) is 0.293. The molecule has 0 rings (SSSR count). The van der Waals surface area contributed by atoms with Crippen LogP contribution < -0.4 is 5.32 Å². The fraction of sp³-hybridized carbons (Fsp3) is 1.00. The minimum absolute atomic E-state index is 0.293. The zero-order valence-electron chi connectivity index (χ0n) is 11.0. The maximum Gasteiger partial charge on any atom is 0.147 e. The third-order valence-corrected chi connectivity index (χ3v) is 3.45. The monoisotopic (exact) mass is 250 g/mol. The standard InChI is InChI=1S/C11H26N2O2S/c1-5-13(9-7-12-11(2)3)8-6-10-16(4,14)15/h11-12H,5-10H2,1-4H3. The van der Waals surface area contributed by atoms with Gasteiger partial charge in [0, 0.05) is 25.4 Å². The quantitative estimate of drug-likeness (QED) is 0.656. The van der Waals surface area contributed by atoms with Crippen LogP contribution in [0.4, 0.5) is 0 Å². The maximum atomic E-state index is 11.0. The lowest BCUT2D eigenvalue weighted by Gasteiger charge is -2.21. The summed E-state index contributed by atoms with van der Waals surface area (Å²) in [6, 6.07) is 0.509. The summed E-state index contributed by atoms with van der Waals surface area (Å²) in [6.45, 7) is 10.1. The van der Waals surface area contributed by atoms with Crippen molar-refractivity contribution in [1.82, 2.24) is 10.2 Å². The Morgan fingerprint density at radius 3 is 2.31 bits per heavy atom. The molecule has 0 atom stereocenters. The van der Waals surface area contributed by atoms with Crippen LogP contribution in [0, 0.1) is 0 Å². The summed E-state index contributed by atoms with van der Waals surface area (Å²) >= 11 is 0. The van der Waals surface area contributed by atoms with Crippen LogP contribution in [-0.2, 0) is 9.84 Å². The Morgan fingerprint density at radius 2 is 1.88 bits per heavy atom. The SMILES string of the molecule is CCN(CCCS(C)(=O)=O)CCNC(C)C. The molecule has 0 amide bonds. The molecule has 0 aliphatic carbocycles. The van der Waals surface area contributed by atoms with Gasteiger partial charge in [-0.3, -0.25) is 0 Å². The molecular formula is C11H26N2O2S. The van der Waals surface area contributed by atoms with Crippen LogP contribution in [0.25, 0.3) is 0 Å². The molecule has 0 bridgehead atoms. The fourth-order valence-corrected chi connectivity index (χ4v) is 2.14. The van der Waals surface area contributed by atoms with E-state index in [9.17, 15) is 8.42 Å². The van der Waals surface area contributed by atoms with E-state index < -0.39 is 9.84 Å². The third kappa shape index (κ3) is 10.4. The van der Waals surface area contributed by atoms with Crippen LogP contribution in [0.2, 0.25) is 0 Å². The van der Waals surface area contributed by atoms with Gasteiger partial charge in [-0.15, -0.1) is 0 Å². The lowest BCUT2D eigenvalue weighted by Crippen LogP contribution is -2.35. The number of sulfone groups is 1. The third-order valence-electron chi connectivity index (χ3n) is 2.42. The van der Waals surface area contributed by atoms with Crippen LogP contribution in [0.3, 0.4) is 0 Å². The van der Waals surface area contributed by atoms with Crippen molar-refractivity contribution >= 4 is 9.84 Å². The van der Waals surface area contributed by atoms with Crippen molar-refractivity contribution in [2.24, 2.45) is 0 Å². The molecule has 1 N–H and O–H groups in total. The predicted molar refractivity (Wildman–Crippen MR) is 69.6 cm³/mol. The predicted octanol–water partition coefficient (Wildman–Crippen LogP) is 0.741. The van der Waals surface area contributed by atoms with Crippen molar-refractivity contribution in [3.63, 3.8) is 0 Å². The average Bonchev–Trinajstić information content (AvgIpc) is 2.13. The number of rotatable bonds is 9. The van der Waals surface area contributed by atoms with Gasteiger partial charge in [-0.05, 0) is 19.5 Å². The Hall–Kier alpha value is -0.130. The van der Waals surface area contributed by atoms with E-state index in [0.29, 0.717) is 11.8 Å². The van der Waals surface area contributed by atoms with E-state index in [4.69, 9.17) is 0 Å². The van der Waals surface area contributed by atoms with Crippen LogP contribution in [-0.4, -0.2) is 57.5 Å². The average molecular weight is 250 g/mol. The highest BCUT2D eigenvalue weighted by molar-refractivity contribution is 7.90. The molecule has 4 nitrogen and oxygen atoms in total. The summed E-state index contributed by atoms with van der Waals surface area (Å²) in [7, 11) is -2.80. The molecule has 0 aromatic carbocycles. The molecule has 16 heavy (non-hydrogen) atoms. The van der Waals surface area contributed by atoms with Gasteiger partial charge >= 0.3 is 0 Å². The van der Waals surface area contributed by atoms with Gasteiger partial charge in [-0.2, -0.15) is 0 Å². The fourth-order valence-electron chi connectivity index (χ4n) is 1.49. The van der Waals surface area contributed by atoms with E-state index >= 15 is 0 Å². The number of hydrogen-bond acceptors (Lipinski definition) is 4. The van der Waals surface area contributed by atoms with E-state index in [-0.39, 0.29) is 0 Å². The molecule has 0 spiro atoms. The summed E-state index contributed by atoms with van der Waals surface area (Å²) in [4.78, 5) is 2.28. The second-order valence-electron chi connectivity index (χ2n) is 4.53. The number of nitrogens with zero attached hydrogens (tertiary/aromatic N) is 1. The lowest BCUT2D eigenvalue weighted by atomic mass is 10.3. The highest BCUT2D eigenvalue weighted by Crippen LogP contribution is 1.94. The van der Waals surface area contributed by atoms with Crippen molar-refractivity contribution in [2.45, 2.75) is 33.2 Å². The van der Waals surface area contributed by atoms with Crippen LogP contribution in [0.1, 0.15) is 27.2 Å². The first-order valence-electron chi connectivity index (χ1n) is 5.98. The molecule has 0 saturated heterocycles. The molecule has 0 radical (unpaired) electrons. The van der Waals surface area contributed by atoms with E-state index in [1.54, 1.807) is 0 Å². The summed E-state index contributed by atoms with van der Waals surface area (Å²) in [5.41, 5.74) is 0. The van der Waals surface area contributed by atoms with Gasteiger partial charge in [0.15, 0.2) is 0 Å².